The Morgan fingerprint density at radius 3 is 1.20 bits per heavy atom. The number of methoxy groups -OCH3 is 2. The second-order valence-corrected chi connectivity index (χ2v) is 40.5. The normalized spacial score (nSPS) is 13.8. The van der Waals surface area contributed by atoms with Gasteiger partial charge < -0.3 is 29.2 Å². The van der Waals surface area contributed by atoms with Gasteiger partial charge in [-0.25, -0.2) is 54.8 Å². The van der Waals surface area contributed by atoms with E-state index in [0.717, 1.165) is 194 Å². The number of benzene rings is 6. The highest BCUT2D eigenvalue weighted by Gasteiger charge is 2.38. The molecule has 16 heterocycles. The van der Waals surface area contributed by atoms with Crippen molar-refractivity contribution in [3.8, 4) is 67.8 Å². The van der Waals surface area contributed by atoms with Gasteiger partial charge in [0.15, 0.2) is 11.6 Å². The van der Waals surface area contributed by atoms with E-state index in [1.807, 2.05) is 208 Å². The Hall–Kier alpha value is -16.2. The molecule has 0 saturated heterocycles. The molecule has 3 aliphatic rings. The van der Waals surface area contributed by atoms with Crippen LogP contribution < -0.4 is 42.3 Å². The fourth-order valence-electron chi connectivity index (χ4n) is 19.9. The summed E-state index contributed by atoms with van der Waals surface area (Å²) in [5.41, 5.74) is 24.8. The number of pyridine rings is 10. The number of para-hydroxylation sites is 2. The monoisotopic (exact) mass is 2020 g/mol. The van der Waals surface area contributed by atoms with E-state index in [1.54, 1.807) is 99.5 Å². The highest BCUT2D eigenvalue weighted by molar-refractivity contribution is 7.17. The summed E-state index contributed by atoms with van der Waals surface area (Å²) in [5, 5.41) is 12.7. The number of rotatable bonds is 22. The van der Waals surface area contributed by atoms with Crippen LogP contribution in [0.5, 0.6) is 11.9 Å². The lowest BCUT2D eigenvalue weighted by Crippen LogP contribution is -2.26. The van der Waals surface area contributed by atoms with Gasteiger partial charge in [-0.1, -0.05) is 123 Å². The third-order valence-electron chi connectivity index (χ3n) is 27.3. The average Bonchev–Trinajstić information content (AvgIpc) is 1.68. The Labute approximate surface area is 855 Å². The number of fused-ring (bicyclic) bond motifs is 9. The second-order valence-electron chi connectivity index (χ2n) is 37.0. The summed E-state index contributed by atoms with van der Waals surface area (Å²) < 4.78 is 63.2. The highest BCUT2D eigenvalue weighted by atomic mass is 32.1. The molecule has 25 rings (SSSR count). The Kier molecular flexibility index (Phi) is 26.5. The first-order valence-corrected chi connectivity index (χ1v) is 52.0. The third-order valence-corrected chi connectivity index (χ3v) is 30.5. The number of alkyl halides is 3. The van der Waals surface area contributed by atoms with Crippen LogP contribution in [-0.4, -0.2) is 102 Å². The van der Waals surface area contributed by atoms with E-state index in [-0.39, 0.29) is 63.1 Å². The molecule has 0 aliphatic heterocycles. The first-order chi connectivity index (χ1) is 71.7. The lowest BCUT2D eigenvalue weighted by Gasteiger charge is -2.22. The zero-order valence-electron chi connectivity index (χ0n) is 80.9. The van der Waals surface area contributed by atoms with Crippen LogP contribution >= 0.6 is 45.3 Å². The van der Waals surface area contributed by atoms with Gasteiger partial charge in [-0.15, -0.1) is 45.3 Å². The molecule has 4 atom stereocenters. The quantitative estimate of drug-likeness (QED) is 0.0637. The van der Waals surface area contributed by atoms with Crippen molar-refractivity contribution < 1.29 is 22.6 Å². The predicted molar refractivity (Wildman–Crippen MR) is 578 cm³/mol. The molecule has 0 unspecified atom stereocenters. The van der Waals surface area contributed by atoms with Crippen molar-refractivity contribution in [1.29, 1.82) is 0 Å². The van der Waals surface area contributed by atoms with Crippen molar-refractivity contribution in [3.05, 3.63) is 376 Å². The van der Waals surface area contributed by atoms with Crippen LogP contribution in [0.25, 0.3) is 140 Å². The number of aromatic nitrogens is 18. The van der Waals surface area contributed by atoms with Crippen LogP contribution in [0.1, 0.15) is 159 Å². The molecule has 0 amide bonds. The number of thiazole rings is 4. The molecule has 3 aliphatic carbocycles. The van der Waals surface area contributed by atoms with Gasteiger partial charge in [0.25, 0.3) is 22.2 Å². The zero-order valence-corrected chi connectivity index (χ0v) is 84.1. The standard InChI is InChI=1S/C32H27N5OS.C30H22F3N5O2S.C26H23N5O2S.C26H23N5OS/c1-20(36-31-30-28(14-15-33-31)39-19-35-30)27-17-22-9-7-12-25(23-16-21-8-5-6-13-26(21)34-18-23)29(22)32(38)37(27)24-10-3-2-4-11-24;1-17(37-27-26-24(11-12-34-27)41-16-36-26)23-14-18-7-6-10-21(19-13-22(30(31,32)33)28(40-2)35-15-19)25(18)29(39)38(23)20-8-4-3-5-9-20;1-15(10-20-24-22(8-9-27-20)34-14-30-24)21-11-16-4-3-5-19(17-12-28-26(33-2)29-13-17)23(16)25(32)31(21)18-6-7-18;1-15(10-21-25-23(8-9-27-21)33-14-30-25)22-11-17-4-3-5-20(18-12-28-16(2)29-13-18)24(17)26(32)31(22)19-6-7-19/h2-4,7,9-12,14-20H,5-6,8,13H2,1H3,(H,33,36);3-17H,1-2H3,(H,34,37);3-5,8-9,11-15,18H,6-7,10H2,1-2H3;3-5,8-9,11-15,19H,6-7,10H2,1-2H3/t20-;17-;2*15-/m0011/s1. The molecule has 2 N–H and O–H groups in total. The molecule has 147 heavy (non-hydrogen) atoms. The molecular weight excluding hydrogens is 1930 g/mol. The van der Waals surface area contributed by atoms with Gasteiger partial charge in [0.1, 0.15) is 33.5 Å². The number of ether oxygens (including phenoxy) is 2. The molecule has 2 fully saturated rings. The number of halogens is 3. The largest absolute Gasteiger partial charge is 0.481 e. The molecule has 732 valence electrons. The van der Waals surface area contributed by atoms with E-state index in [2.05, 4.69) is 120 Å². The second kappa shape index (κ2) is 40.8. The Balaban J connectivity index is 0.000000112. The number of hydrogen-bond acceptors (Lipinski definition) is 26. The van der Waals surface area contributed by atoms with Gasteiger partial charge in [-0.05, 0) is 219 Å². The van der Waals surface area contributed by atoms with Gasteiger partial charge in [0, 0.05) is 148 Å². The minimum Gasteiger partial charge on any atom is -0.481 e. The third kappa shape index (κ3) is 19.1. The van der Waals surface area contributed by atoms with Crippen molar-refractivity contribution >= 4 is 141 Å². The van der Waals surface area contributed by atoms with Crippen LogP contribution in [0.4, 0.5) is 24.8 Å². The van der Waals surface area contributed by atoms with Gasteiger partial charge >= 0.3 is 12.2 Å². The number of hydrogen-bond donors (Lipinski definition) is 2. The molecule has 33 heteroatoms. The van der Waals surface area contributed by atoms with Gasteiger partial charge in [-0.3, -0.25) is 43.3 Å². The van der Waals surface area contributed by atoms with Crippen molar-refractivity contribution in [2.24, 2.45) is 0 Å². The molecular formula is C114H95F3N20O6S4. The molecule has 22 aromatic rings. The van der Waals surface area contributed by atoms with Crippen LogP contribution in [0.2, 0.25) is 0 Å². The fraction of sp³-hybridized carbons (Fsp3) is 0.211. The molecule has 16 aromatic heterocycles. The van der Waals surface area contributed by atoms with E-state index >= 15 is 0 Å². The highest BCUT2D eigenvalue weighted by Crippen LogP contribution is 2.45. The fourth-order valence-corrected chi connectivity index (χ4v) is 22.7. The van der Waals surface area contributed by atoms with Crippen molar-refractivity contribution in [2.45, 2.75) is 141 Å². The van der Waals surface area contributed by atoms with Crippen LogP contribution in [0, 0.1) is 6.92 Å². The topological polar surface area (TPSA) is 311 Å². The molecule has 26 nitrogen and oxygen atoms in total. The van der Waals surface area contributed by atoms with Crippen LogP contribution in [-0.2, 0) is 31.9 Å². The molecule has 0 radical (unpaired) electrons. The minimum absolute atomic E-state index is 0.0458. The SMILES string of the molecule is COc1ncc(-c2cccc3cc([C@H](C)Cc4nccc5scnc45)n(C4CC4)c(=O)c23)cn1.COc1ncc(-c2cccc3cc([C@H](C)Nc4nccc5scnc45)n(-c4ccccc4)c(=O)c23)cc1C(F)(F)F.C[C@H](Nc1nccc2scnc12)c1cc2cccc(-c3cnc4c(c3)CCCC4)c2c(=O)n1-c1ccccc1.Cc1ncc(-c2cccc3cc([C@H](C)Cc4nccc5scnc45)n(C4CC4)c(=O)c23)cn1. The number of aryl methyl sites for hydroxylation is 3. The zero-order chi connectivity index (χ0) is 101. The van der Waals surface area contributed by atoms with Crippen molar-refractivity contribution in [1.82, 2.24) is 88.0 Å². The Morgan fingerprint density at radius 2 is 0.769 bits per heavy atom. The summed E-state index contributed by atoms with van der Waals surface area (Å²) in [4.78, 5) is 119. The van der Waals surface area contributed by atoms with Gasteiger partial charge in [-0.2, -0.15) is 13.2 Å². The Bertz CT molecular complexity index is 9040. The van der Waals surface area contributed by atoms with Crippen LogP contribution in [0.3, 0.4) is 0 Å². The summed E-state index contributed by atoms with van der Waals surface area (Å²) in [6.07, 6.45) is 22.8. The Morgan fingerprint density at radius 1 is 0.388 bits per heavy atom. The van der Waals surface area contributed by atoms with Gasteiger partial charge in [0.05, 0.1) is 100 Å². The van der Waals surface area contributed by atoms with E-state index in [4.69, 9.17) is 14.5 Å². The first kappa shape index (κ1) is 95.6. The number of nitrogens with one attached hydrogen (secondary N) is 2. The van der Waals surface area contributed by atoms with E-state index < -0.39 is 23.7 Å². The van der Waals surface area contributed by atoms with E-state index in [1.165, 1.54) is 48.7 Å². The molecule has 6 aromatic carbocycles. The summed E-state index contributed by atoms with van der Waals surface area (Å²) in [5.74, 6) is 1.73. The van der Waals surface area contributed by atoms with Crippen molar-refractivity contribution in [2.75, 3.05) is 24.9 Å². The minimum atomic E-state index is -4.69. The summed E-state index contributed by atoms with van der Waals surface area (Å²) >= 11 is 6.34. The van der Waals surface area contributed by atoms with Crippen molar-refractivity contribution in [3.63, 3.8) is 0 Å². The maximum Gasteiger partial charge on any atom is 0.421 e. The smallest absolute Gasteiger partial charge is 0.421 e. The lowest BCUT2D eigenvalue weighted by atomic mass is 9.92. The van der Waals surface area contributed by atoms with Gasteiger partial charge in [0.2, 0.25) is 5.88 Å². The maximum absolute atomic E-state index is 14.4. The van der Waals surface area contributed by atoms with E-state index in [0.29, 0.717) is 56.6 Å². The number of anilines is 2. The predicted octanol–water partition coefficient (Wildman–Crippen LogP) is 25.0. The van der Waals surface area contributed by atoms with E-state index in [9.17, 15) is 32.3 Å². The summed E-state index contributed by atoms with van der Waals surface area (Å²) in [7, 11) is 2.67. The molecule has 2 saturated carbocycles. The first-order valence-electron chi connectivity index (χ1n) is 48.5. The molecule has 0 bridgehead atoms. The summed E-state index contributed by atoms with van der Waals surface area (Å²) in [6, 6.07) is 61.8. The summed E-state index contributed by atoms with van der Waals surface area (Å²) in [6.45, 7) is 10.2. The van der Waals surface area contributed by atoms with Crippen LogP contribution in [0.15, 0.2) is 297 Å². The average molecular weight is 2030 g/mol. The molecule has 0 spiro atoms. The maximum atomic E-state index is 14.4. The number of nitrogens with zero attached hydrogens (tertiary/aromatic N) is 18. The lowest BCUT2D eigenvalue weighted by molar-refractivity contribution is -0.139.